The molecule has 0 aliphatic heterocycles. The first-order chi connectivity index (χ1) is 18.2. The number of nitrogens with zero attached hydrogens (tertiary/aromatic N) is 3. The van der Waals surface area contributed by atoms with Crippen LogP contribution in [0.2, 0.25) is 0 Å². The van der Waals surface area contributed by atoms with Gasteiger partial charge in [0.15, 0.2) is 5.69 Å². The molecule has 4 aromatic rings. The molecule has 2 N–H and O–H groups in total. The molecular weight excluding hydrogens is 527 g/mol. The van der Waals surface area contributed by atoms with Crippen LogP contribution in [-0.2, 0) is 17.9 Å². The van der Waals surface area contributed by atoms with E-state index >= 15 is 0 Å². The summed E-state index contributed by atoms with van der Waals surface area (Å²) < 4.78 is 11.6. The molecule has 0 fully saturated rings. The summed E-state index contributed by atoms with van der Waals surface area (Å²) in [7, 11) is 0. The van der Waals surface area contributed by atoms with E-state index in [-0.39, 0.29) is 70.4 Å². The van der Waals surface area contributed by atoms with Gasteiger partial charge in [-0.05, 0) is 72.0 Å². The minimum atomic E-state index is -0.917. The molecule has 0 aliphatic carbocycles. The normalized spacial score (nSPS) is 10.5. The zero-order chi connectivity index (χ0) is 27.2. The number of amides is 2. The Morgan fingerprint density at radius 2 is 1.77 bits per heavy atom. The molecule has 1 heterocycles. The maximum Gasteiger partial charge on any atom is 1.00 e. The Morgan fingerprint density at radius 1 is 1.03 bits per heavy atom. The molecule has 196 valence electrons. The molecular formula is C28H27KN4O6. The van der Waals surface area contributed by atoms with Gasteiger partial charge >= 0.3 is 57.1 Å². The van der Waals surface area contributed by atoms with Crippen molar-refractivity contribution >= 4 is 11.8 Å². The molecule has 0 radical (unpaired) electrons. The fourth-order valence-electron chi connectivity index (χ4n) is 4.06. The molecule has 2 amide bonds. The van der Waals surface area contributed by atoms with Crippen LogP contribution in [0.3, 0.4) is 0 Å². The van der Waals surface area contributed by atoms with Crippen LogP contribution in [0.5, 0.6) is 5.75 Å². The minimum Gasteiger partial charge on any atom is -0.489 e. The number of rotatable bonds is 10. The Hall–Kier alpha value is -3.22. The molecule has 0 saturated heterocycles. The number of benzene rings is 3. The second-order valence-corrected chi connectivity index (χ2v) is 8.74. The van der Waals surface area contributed by atoms with E-state index in [2.05, 4.69) is 4.98 Å². The van der Waals surface area contributed by atoms with Gasteiger partial charge in [-0.15, -0.1) is 0 Å². The zero-order valence-corrected chi connectivity index (χ0v) is 25.2. The van der Waals surface area contributed by atoms with E-state index in [9.17, 15) is 19.2 Å². The maximum atomic E-state index is 12.8. The molecule has 1 aromatic heterocycles. The molecule has 0 aliphatic rings. The first-order valence-electron chi connectivity index (χ1n) is 12.0. The van der Waals surface area contributed by atoms with Crippen molar-refractivity contribution in [3.63, 3.8) is 0 Å². The fourth-order valence-corrected chi connectivity index (χ4v) is 4.06. The third kappa shape index (κ3) is 7.90. The fraction of sp³-hybridized carbons (Fsp3) is 0.214. The van der Waals surface area contributed by atoms with Crippen LogP contribution in [0.25, 0.3) is 11.1 Å². The number of ether oxygens (including phenoxy) is 1. The Labute approximate surface area is 267 Å². The van der Waals surface area contributed by atoms with Crippen molar-refractivity contribution in [3.8, 4) is 16.9 Å². The van der Waals surface area contributed by atoms with Gasteiger partial charge in [0, 0.05) is 18.7 Å². The van der Waals surface area contributed by atoms with Gasteiger partial charge in [0.05, 0.1) is 6.54 Å². The van der Waals surface area contributed by atoms with E-state index in [1.807, 2.05) is 43.3 Å². The predicted octanol–water partition coefficient (Wildman–Crippen LogP) is -0.687. The molecule has 39 heavy (non-hydrogen) atoms. The summed E-state index contributed by atoms with van der Waals surface area (Å²) in [4.78, 5) is 51.3. The molecule has 0 unspecified atom stereocenters. The number of nitrogens with two attached hydrogens (primary N) is 1. The smallest absolute Gasteiger partial charge is 0.489 e. The van der Waals surface area contributed by atoms with Crippen LogP contribution in [0.1, 0.15) is 34.0 Å². The SMILES string of the molecule is CCN(CC(N)=O)C(=O)c1ccc(-c2cccc(COc3ccc(Cn4oc(=O)[n-]c4=O)cc3)c2)c(C)c1.[K+]. The molecule has 3 aromatic carbocycles. The van der Waals surface area contributed by atoms with Gasteiger partial charge in [-0.3, -0.25) is 19.1 Å². The van der Waals surface area contributed by atoms with Crippen molar-refractivity contribution in [2.75, 3.05) is 13.1 Å². The largest absolute Gasteiger partial charge is 1.00 e. The van der Waals surface area contributed by atoms with Crippen LogP contribution in [0.4, 0.5) is 0 Å². The summed E-state index contributed by atoms with van der Waals surface area (Å²) >= 11 is 0. The second-order valence-electron chi connectivity index (χ2n) is 8.74. The number of aryl methyl sites for hydroxylation is 1. The van der Waals surface area contributed by atoms with Crippen LogP contribution in [-0.4, -0.2) is 34.5 Å². The maximum absolute atomic E-state index is 12.8. The number of carbonyl (C=O) groups excluding carboxylic acids is 2. The van der Waals surface area contributed by atoms with E-state index in [0.717, 1.165) is 32.6 Å². The Morgan fingerprint density at radius 3 is 2.38 bits per heavy atom. The van der Waals surface area contributed by atoms with Gasteiger partial charge in [0.1, 0.15) is 12.4 Å². The van der Waals surface area contributed by atoms with Gasteiger partial charge in [-0.2, -0.15) is 0 Å². The van der Waals surface area contributed by atoms with Crippen molar-refractivity contribution in [2.45, 2.75) is 27.0 Å². The Balaban J connectivity index is 0.00000420. The number of hydrogen-bond donors (Lipinski definition) is 1. The number of likely N-dealkylation sites (N-methyl/N-ethyl adjacent to an activating group) is 1. The molecule has 0 saturated carbocycles. The van der Waals surface area contributed by atoms with Crippen molar-refractivity contribution in [3.05, 3.63) is 110 Å². The second kappa shape index (κ2) is 13.7. The zero-order valence-electron chi connectivity index (χ0n) is 22.0. The van der Waals surface area contributed by atoms with Gasteiger partial charge in [0.25, 0.3) is 5.91 Å². The van der Waals surface area contributed by atoms with E-state index in [4.69, 9.17) is 15.0 Å². The number of primary amides is 1. The van der Waals surface area contributed by atoms with Crippen molar-refractivity contribution in [1.29, 1.82) is 0 Å². The van der Waals surface area contributed by atoms with Crippen LogP contribution in [0.15, 0.2) is 80.8 Å². The van der Waals surface area contributed by atoms with Gasteiger partial charge in [-0.25, -0.2) is 4.79 Å². The third-order valence-corrected chi connectivity index (χ3v) is 5.97. The van der Waals surface area contributed by atoms with Gasteiger partial charge < -0.3 is 24.9 Å². The molecule has 10 nitrogen and oxygen atoms in total. The van der Waals surface area contributed by atoms with Gasteiger partial charge in [-0.1, -0.05) is 36.4 Å². The summed E-state index contributed by atoms with van der Waals surface area (Å²) in [6.07, 6.45) is 0. The molecule has 0 bridgehead atoms. The predicted molar refractivity (Wildman–Crippen MR) is 140 cm³/mol. The molecule has 4 rings (SSSR count). The summed E-state index contributed by atoms with van der Waals surface area (Å²) in [6.45, 7) is 4.44. The minimum absolute atomic E-state index is 0. The van der Waals surface area contributed by atoms with Crippen molar-refractivity contribution < 1.29 is 70.2 Å². The van der Waals surface area contributed by atoms with E-state index in [1.54, 1.807) is 37.3 Å². The number of hydrogen-bond acceptors (Lipinski definition) is 6. The van der Waals surface area contributed by atoms with Crippen LogP contribution >= 0.6 is 0 Å². The standard InChI is InChI=1S/C28H28N4O6.K/c1-3-31(16-25(29)33)26(34)22-9-12-24(18(2)13-22)21-6-4-5-20(14-21)17-37-23-10-7-19(8-11-23)15-32-27(35)30-28(36)38-32;/h4-14H,3,15-17H2,1-2H3,(H3,29,30,33,35,36);/q;+1/p-1. The van der Waals surface area contributed by atoms with Crippen LogP contribution < -0.4 is 78.3 Å². The van der Waals surface area contributed by atoms with E-state index in [0.29, 0.717) is 24.5 Å². The first-order valence-corrected chi connectivity index (χ1v) is 12.0. The van der Waals surface area contributed by atoms with Crippen molar-refractivity contribution in [1.82, 2.24) is 14.6 Å². The quantitative estimate of drug-likeness (QED) is 0.256. The van der Waals surface area contributed by atoms with Crippen molar-refractivity contribution in [2.24, 2.45) is 5.73 Å². The first kappa shape index (κ1) is 30.3. The summed E-state index contributed by atoms with van der Waals surface area (Å²) in [5, 5.41) is 0. The molecule has 11 heteroatoms. The third-order valence-electron chi connectivity index (χ3n) is 5.97. The van der Waals surface area contributed by atoms with Gasteiger partial charge in [0.2, 0.25) is 5.91 Å². The molecule has 0 atom stereocenters. The summed E-state index contributed by atoms with van der Waals surface area (Å²) in [5.41, 5.74) is 9.64. The number of carbonyl (C=O) groups is 2. The number of aromatic nitrogens is 2. The van der Waals surface area contributed by atoms with E-state index < -0.39 is 17.4 Å². The average Bonchev–Trinajstić information content (AvgIpc) is 3.22. The topological polar surface area (TPSA) is 139 Å². The monoisotopic (exact) mass is 554 g/mol. The summed E-state index contributed by atoms with van der Waals surface area (Å²) in [5.74, 6) is -1.06. The Bertz CT molecular complexity index is 1570. The Kier molecular flexibility index (Phi) is 10.7. The molecule has 0 spiro atoms. The van der Waals surface area contributed by atoms with Crippen LogP contribution in [0, 0.1) is 6.92 Å². The summed E-state index contributed by atoms with van der Waals surface area (Å²) in [6, 6.07) is 20.5. The van der Waals surface area contributed by atoms with E-state index in [1.165, 1.54) is 4.90 Å². The average molecular weight is 555 g/mol.